The van der Waals surface area contributed by atoms with Gasteiger partial charge in [0.25, 0.3) is 10.0 Å². The zero-order valence-corrected chi connectivity index (χ0v) is 23.2. The number of para-hydroxylation sites is 1. The van der Waals surface area contributed by atoms with E-state index in [2.05, 4.69) is 18.4 Å². The lowest BCUT2D eigenvalue weighted by Gasteiger charge is -2.31. The van der Waals surface area contributed by atoms with Crippen LogP contribution in [0.4, 0.5) is 5.69 Å². The van der Waals surface area contributed by atoms with Gasteiger partial charge < -0.3 is 9.30 Å². The minimum atomic E-state index is -3.71. The van der Waals surface area contributed by atoms with E-state index < -0.39 is 10.0 Å². The number of fused-ring (bicyclic) bond motifs is 1. The van der Waals surface area contributed by atoms with E-state index in [1.54, 1.807) is 49.1 Å². The minimum Gasteiger partial charge on any atom is -0.465 e. The Morgan fingerprint density at radius 2 is 1.78 bits per heavy atom. The lowest BCUT2D eigenvalue weighted by molar-refractivity contribution is -0.143. The number of rotatable bonds is 8. The van der Waals surface area contributed by atoms with Gasteiger partial charge in [0, 0.05) is 28.2 Å². The van der Waals surface area contributed by atoms with Crippen molar-refractivity contribution < 1.29 is 17.9 Å². The second-order valence-corrected chi connectivity index (χ2v) is 12.9. The molecule has 4 rings (SSSR count). The van der Waals surface area contributed by atoms with Crippen molar-refractivity contribution in [1.29, 1.82) is 0 Å². The number of aromatic nitrogens is 1. The van der Waals surface area contributed by atoms with Crippen molar-refractivity contribution in [2.75, 3.05) is 18.0 Å². The Balaban J connectivity index is 1.75. The average molecular weight is 527 g/mol. The molecule has 1 aliphatic carbocycles. The largest absolute Gasteiger partial charge is 0.465 e. The first-order valence-electron chi connectivity index (χ1n) is 12.2. The van der Waals surface area contributed by atoms with E-state index in [4.69, 9.17) is 4.74 Å². The van der Waals surface area contributed by atoms with Crippen LogP contribution in [0.25, 0.3) is 0 Å². The van der Waals surface area contributed by atoms with Crippen LogP contribution < -0.4 is 4.31 Å². The fourth-order valence-corrected chi connectivity index (χ4v) is 7.35. The van der Waals surface area contributed by atoms with Gasteiger partial charge in [0.15, 0.2) is 0 Å². The first-order chi connectivity index (χ1) is 17.0. The number of carbonyl (C=O) groups is 1. The van der Waals surface area contributed by atoms with Crippen molar-refractivity contribution in [3.05, 3.63) is 71.5 Å². The normalized spacial score (nSPS) is 14.8. The number of carbonyl (C=O) groups excluding carboxylic acids is 1. The molecule has 0 saturated heterocycles. The number of sulfonamides is 1. The van der Waals surface area contributed by atoms with Crippen molar-refractivity contribution in [3.63, 3.8) is 0 Å². The Morgan fingerprint density at radius 1 is 1.11 bits per heavy atom. The Morgan fingerprint density at radius 3 is 2.47 bits per heavy atom. The van der Waals surface area contributed by atoms with Gasteiger partial charge in [-0.25, -0.2) is 8.42 Å². The number of nitrogens with zero attached hydrogens (tertiary/aromatic N) is 2. The molecule has 0 aliphatic heterocycles. The van der Waals surface area contributed by atoms with Gasteiger partial charge in [-0.3, -0.25) is 9.10 Å². The summed E-state index contributed by atoms with van der Waals surface area (Å²) in [5.41, 5.74) is 4.22. The van der Waals surface area contributed by atoms with Crippen LogP contribution in [0.1, 0.15) is 44.1 Å². The van der Waals surface area contributed by atoms with Crippen molar-refractivity contribution in [1.82, 2.24) is 4.57 Å². The monoisotopic (exact) mass is 526 g/mol. The molecule has 6 nitrogen and oxygen atoms in total. The molecule has 0 fully saturated rings. The molecular weight excluding hydrogens is 492 g/mol. The summed E-state index contributed by atoms with van der Waals surface area (Å²) in [6, 6.07) is 16.1. The van der Waals surface area contributed by atoms with Crippen LogP contribution in [0.5, 0.6) is 0 Å². The number of hydrogen-bond donors (Lipinski definition) is 0. The third-order valence-corrected chi connectivity index (χ3v) is 9.89. The van der Waals surface area contributed by atoms with Gasteiger partial charge >= 0.3 is 5.97 Å². The second kappa shape index (κ2) is 10.3. The zero-order chi connectivity index (χ0) is 26.1. The molecule has 0 saturated carbocycles. The number of ether oxygens (including phenoxy) is 1. The zero-order valence-electron chi connectivity index (χ0n) is 21.6. The van der Waals surface area contributed by atoms with Gasteiger partial charge in [0.1, 0.15) is 6.54 Å². The van der Waals surface area contributed by atoms with Gasteiger partial charge in [-0.1, -0.05) is 55.9 Å². The van der Waals surface area contributed by atoms with E-state index in [1.165, 1.54) is 15.6 Å². The summed E-state index contributed by atoms with van der Waals surface area (Å²) in [5.74, 6) is -0.243. The number of hydrogen-bond acceptors (Lipinski definition) is 5. The number of anilines is 1. The third-order valence-electron chi connectivity index (χ3n) is 6.79. The van der Waals surface area contributed by atoms with Crippen molar-refractivity contribution in [3.8, 4) is 0 Å². The van der Waals surface area contributed by atoms with Gasteiger partial charge in [0.2, 0.25) is 0 Å². The highest BCUT2D eigenvalue weighted by molar-refractivity contribution is 7.99. The fraction of sp³-hybridized carbons (Fsp3) is 0.393. The number of esters is 1. The highest BCUT2D eigenvalue weighted by atomic mass is 32.2. The SMILES string of the molecule is CCOC(=O)Cn1c(C)c(Sc2ccccc2N(C)S(=O)(=O)c2ccccc2)c2c1CC(C)(C)CC2. The van der Waals surface area contributed by atoms with Gasteiger partial charge in [0.05, 0.1) is 17.2 Å². The van der Waals surface area contributed by atoms with Crippen molar-refractivity contribution in [2.24, 2.45) is 5.41 Å². The predicted octanol–water partition coefficient (Wildman–Crippen LogP) is 5.85. The van der Waals surface area contributed by atoms with Crippen LogP contribution >= 0.6 is 11.8 Å². The lowest BCUT2D eigenvalue weighted by Crippen LogP contribution is -2.27. The van der Waals surface area contributed by atoms with Gasteiger partial charge in [-0.05, 0) is 68.4 Å². The molecule has 1 heterocycles. The lowest BCUT2D eigenvalue weighted by atomic mass is 9.77. The fourth-order valence-electron chi connectivity index (χ4n) is 4.78. The summed E-state index contributed by atoms with van der Waals surface area (Å²) in [7, 11) is -2.12. The van der Waals surface area contributed by atoms with E-state index in [9.17, 15) is 13.2 Å². The molecule has 8 heteroatoms. The van der Waals surface area contributed by atoms with Crippen LogP contribution in [0, 0.1) is 12.3 Å². The van der Waals surface area contributed by atoms with Gasteiger partial charge in [-0.2, -0.15) is 0 Å². The van der Waals surface area contributed by atoms with Crippen molar-refractivity contribution >= 4 is 33.4 Å². The average Bonchev–Trinajstić information content (AvgIpc) is 3.09. The highest BCUT2D eigenvalue weighted by Gasteiger charge is 2.33. The molecule has 0 bridgehead atoms. The Kier molecular flexibility index (Phi) is 7.57. The first-order valence-corrected chi connectivity index (χ1v) is 14.5. The number of benzene rings is 2. The van der Waals surface area contributed by atoms with Crippen molar-refractivity contribution in [2.45, 2.75) is 68.2 Å². The molecule has 0 spiro atoms. The quantitative estimate of drug-likeness (QED) is 0.345. The Bertz CT molecular complexity index is 1360. The molecule has 2 aromatic carbocycles. The van der Waals surface area contributed by atoms with E-state index >= 15 is 0 Å². The van der Waals surface area contributed by atoms with E-state index in [-0.39, 0.29) is 22.8 Å². The summed E-state index contributed by atoms with van der Waals surface area (Å²) in [4.78, 5) is 14.6. The van der Waals surface area contributed by atoms with Crippen LogP contribution in [0.2, 0.25) is 0 Å². The summed E-state index contributed by atoms with van der Waals surface area (Å²) in [5, 5.41) is 0. The van der Waals surface area contributed by atoms with Crippen LogP contribution in [-0.2, 0) is 38.9 Å². The summed E-state index contributed by atoms with van der Waals surface area (Å²) < 4.78 is 35.4. The summed E-state index contributed by atoms with van der Waals surface area (Å²) in [6.45, 7) is 8.92. The molecular formula is C28H34N2O4S2. The smallest absolute Gasteiger partial charge is 0.325 e. The molecule has 3 aromatic rings. The standard InChI is InChI=1S/C28H34N2O4S2/c1-6-34-26(31)19-30-20(2)27(22-16-17-28(3,4)18-24(22)30)35-25-15-11-10-14-23(25)29(5)36(32,33)21-12-8-7-9-13-21/h7-15H,6,16-19H2,1-5H3. The van der Waals surface area contributed by atoms with Crippen LogP contribution in [-0.4, -0.2) is 32.6 Å². The maximum absolute atomic E-state index is 13.4. The minimum absolute atomic E-state index is 0.147. The molecule has 0 unspecified atom stereocenters. The second-order valence-electron chi connectivity index (χ2n) is 9.93. The molecule has 1 aliphatic rings. The molecule has 0 radical (unpaired) electrons. The van der Waals surface area contributed by atoms with Gasteiger partial charge in [-0.15, -0.1) is 0 Å². The van der Waals surface area contributed by atoms with E-state index in [1.807, 2.05) is 38.1 Å². The summed E-state index contributed by atoms with van der Waals surface area (Å²) >= 11 is 1.58. The molecule has 0 amide bonds. The maximum Gasteiger partial charge on any atom is 0.325 e. The van der Waals surface area contributed by atoms with Crippen LogP contribution in [0.15, 0.2) is 69.3 Å². The molecule has 36 heavy (non-hydrogen) atoms. The molecule has 192 valence electrons. The van der Waals surface area contributed by atoms with E-state index in [0.717, 1.165) is 34.7 Å². The third kappa shape index (κ3) is 5.20. The Labute approximate surface area is 218 Å². The molecule has 0 N–H and O–H groups in total. The molecule has 1 aromatic heterocycles. The Hall–Kier alpha value is -2.71. The highest BCUT2D eigenvalue weighted by Crippen LogP contribution is 2.46. The topological polar surface area (TPSA) is 68.6 Å². The summed E-state index contributed by atoms with van der Waals surface area (Å²) in [6.07, 6.45) is 2.86. The van der Waals surface area contributed by atoms with E-state index in [0.29, 0.717) is 12.3 Å². The van der Waals surface area contributed by atoms with Crippen LogP contribution in [0.3, 0.4) is 0 Å². The molecule has 0 atom stereocenters. The maximum atomic E-state index is 13.4. The predicted molar refractivity (Wildman–Crippen MR) is 144 cm³/mol. The first kappa shape index (κ1) is 26.4.